The number of rotatable bonds is 5. The fourth-order valence-electron chi connectivity index (χ4n) is 2.02. The minimum absolute atomic E-state index is 0.611. The summed E-state index contributed by atoms with van der Waals surface area (Å²) in [5, 5.41) is 8.76. The van der Waals surface area contributed by atoms with Gasteiger partial charge in [0.15, 0.2) is 0 Å². The maximum absolute atomic E-state index is 5.88. The van der Waals surface area contributed by atoms with E-state index < -0.39 is 0 Å². The first-order valence-electron chi connectivity index (χ1n) is 6.49. The summed E-state index contributed by atoms with van der Waals surface area (Å²) < 4.78 is 5.30. The molecule has 0 saturated heterocycles. The summed E-state index contributed by atoms with van der Waals surface area (Å²) in [5.41, 5.74) is 2.19. The Morgan fingerprint density at radius 3 is 2.71 bits per heavy atom. The van der Waals surface area contributed by atoms with Crippen LogP contribution in [0.1, 0.15) is 11.5 Å². The minimum Gasteiger partial charge on any atom is -0.338 e. The average Bonchev–Trinajstić information content (AvgIpc) is 3.12. The van der Waals surface area contributed by atoms with E-state index in [4.69, 9.17) is 16.1 Å². The molecule has 108 valence electrons. The standard InChI is InChI=1S/C15H14ClN3OS/c1-19(8-11-2-4-13(16)5-3-11)9-14-17-15(18-20-14)12-6-7-21-10-12/h2-7,10H,8-9H2,1H3. The highest BCUT2D eigenvalue weighted by Gasteiger charge is 2.11. The summed E-state index contributed by atoms with van der Waals surface area (Å²) in [5.74, 6) is 1.26. The Hall–Kier alpha value is -1.69. The van der Waals surface area contributed by atoms with E-state index in [9.17, 15) is 0 Å². The highest BCUT2D eigenvalue weighted by molar-refractivity contribution is 7.08. The van der Waals surface area contributed by atoms with Gasteiger partial charge in [0, 0.05) is 22.5 Å². The number of benzene rings is 1. The van der Waals surface area contributed by atoms with Crippen LogP contribution in [0.25, 0.3) is 11.4 Å². The molecule has 2 heterocycles. The highest BCUT2D eigenvalue weighted by Crippen LogP contribution is 2.19. The lowest BCUT2D eigenvalue weighted by molar-refractivity contribution is 0.261. The third-order valence-corrected chi connectivity index (χ3v) is 3.95. The van der Waals surface area contributed by atoms with Crippen molar-refractivity contribution in [3.05, 3.63) is 57.6 Å². The molecule has 0 amide bonds. The first kappa shape index (κ1) is 14.3. The van der Waals surface area contributed by atoms with E-state index in [0.717, 1.165) is 17.1 Å². The van der Waals surface area contributed by atoms with E-state index in [0.29, 0.717) is 18.3 Å². The third kappa shape index (κ3) is 3.69. The lowest BCUT2D eigenvalue weighted by Crippen LogP contribution is -2.17. The summed E-state index contributed by atoms with van der Waals surface area (Å²) in [6, 6.07) is 9.81. The number of hydrogen-bond donors (Lipinski definition) is 0. The summed E-state index contributed by atoms with van der Waals surface area (Å²) >= 11 is 7.50. The second-order valence-electron chi connectivity index (χ2n) is 4.82. The van der Waals surface area contributed by atoms with E-state index in [-0.39, 0.29) is 0 Å². The van der Waals surface area contributed by atoms with Crippen molar-refractivity contribution in [2.75, 3.05) is 7.05 Å². The molecule has 0 fully saturated rings. The van der Waals surface area contributed by atoms with Gasteiger partial charge >= 0.3 is 0 Å². The molecule has 0 aliphatic heterocycles. The van der Waals surface area contributed by atoms with Crippen molar-refractivity contribution in [2.24, 2.45) is 0 Å². The first-order valence-corrected chi connectivity index (χ1v) is 7.81. The van der Waals surface area contributed by atoms with Crippen LogP contribution in [-0.4, -0.2) is 22.1 Å². The topological polar surface area (TPSA) is 42.2 Å². The summed E-state index contributed by atoms with van der Waals surface area (Å²) in [6.45, 7) is 1.41. The van der Waals surface area contributed by atoms with Crippen molar-refractivity contribution in [1.29, 1.82) is 0 Å². The fraction of sp³-hybridized carbons (Fsp3) is 0.200. The largest absolute Gasteiger partial charge is 0.338 e. The van der Waals surface area contributed by atoms with Gasteiger partial charge < -0.3 is 4.52 Å². The van der Waals surface area contributed by atoms with E-state index in [1.807, 2.05) is 48.1 Å². The van der Waals surface area contributed by atoms with Gasteiger partial charge in [0.2, 0.25) is 11.7 Å². The molecule has 4 nitrogen and oxygen atoms in total. The molecule has 0 aliphatic rings. The summed E-state index contributed by atoms with van der Waals surface area (Å²) in [4.78, 5) is 6.53. The average molecular weight is 320 g/mol. The Bertz CT molecular complexity index is 694. The van der Waals surface area contributed by atoms with Crippen LogP contribution in [0.5, 0.6) is 0 Å². The minimum atomic E-state index is 0.611. The van der Waals surface area contributed by atoms with Crippen LogP contribution in [0.3, 0.4) is 0 Å². The van der Waals surface area contributed by atoms with E-state index >= 15 is 0 Å². The molecule has 0 unspecified atom stereocenters. The van der Waals surface area contributed by atoms with Crippen LogP contribution in [-0.2, 0) is 13.1 Å². The Balaban J connectivity index is 1.62. The Morgan fingerprint density at radius 2 is 2.00 bits per heavy atom. The first-order chi connectivity index (χ1) is 10.2. The van der Waals surface area contributed by atoms with Crippen LogP contribution in [0.15, 0.2) is 45.6 Å². The molecule has 3 rings (SSSR count). The quantitative estimate of drug-likeness (QED) is 0.710. The van der Waals surface area contributed by atoms with Gasteiger partial charge in [-0.15, -0.1) is 0 Å². The van der Waals surface area contributed by atoms with Gasteiger partial charge in [-0.2, -0.15) is 16.3 Å². The van der Waals surface area contributed by atoms with E-state index in [1.165, 1.54) is 5.56 Å². The number of thiophene rings is 1. The number of aromatic nitrogens is 2. The van der Waals surface area contributed by atoms with Crippen LogP contribution < -0.4 is 0 Å². The van der Waals surface area contributed by atoms with Crippen LogP contribution in [0, 0.1) is 0 Å². The van der Waals surface area contributed by atoms with Gasteiger partial charge in [0.25, 0.3) is 0 Å². The molecule has 0 N–H and O–H groups in total. The predicted octanol–water partition coefficient (Wildman–Crippen LogP) is 4.08. The molecule has 0 saturated carbocycles. The predicted molar refractivity (Wildman–Crippen MR) is 84.2 cm³/mol. The fourth-order valence-corrected chi connectivity index (χ4v) is 2.78. The SMILES string of the molecule is CN(Cc1ccc(Cl)cc1)Cc1nc(-c2ccsc2)no1. The zero-order valence-electron chi connectivity index (χ0n) is 11.5. The van der Waals surface area contributed by atoms with Gasteiger partial charge in [-0.05, 0) is 36.2 Å². The molecule has 0 bridgehead atoms. The zero-order chi connectivity index (χ0) is 14.7. The van der Waals surface area contributed by atoms with E-state index in [2.05, 4.69) is 15.0 Å². The van der Waals surface area contributed by atoms with Crippen molar-refractivity contribution >= 4 is 22.9 Å². The number of hydrogen-bond acceptors (Lipinski definition) is 5. The molecule has 6 heteroatoms. The van der Waals surface area contributed by atoms with Gasteiger partial charge in [-0.3, -0.25) is 4.90 Å². The van der Waals surface area contributed by atoms with Gasteiger partial charge in [0.05, 0.1) is 6.54 Å². The van der Waals surface area contributed by atoms with Crippen LogP contribution >= 0.6 is 22.9 Å². The molecule has 2 aromatic heterocycles. The van der Waals surface area contributed by atoms with Gasteiger partial charge in [-0.1, -0.05) is 28.9 Å². The summed E-state index contributed by atoms with van der Waals surface area (Å²) in [6.07, 6.45) is 0. The Kier molecular flexibility index (Phi) is 4.34. The molecule has 1 aromatic carbocycles. The lowest BCUT2D eigenvalue weighted by Gasteiger charge is -2.13. The van der Waals surface area contributed by atoms with Crippen molar-refractivity contribution in [2.45, 2.75) is 13.1 Å². The molecule has 0 radical (unpaired) electrons. The van der Waals surface area contributed by atoms with Crippen LogP contribution in [0.2, 0.25) is 5.02 Å². The molecule has 21 heavy (non-hydrogen) atoms. The maximum Gasteiger partial charge on any atom is 0.241 e. The molecule has 0 atom stereocenters. The normalized spacial score (nSPS) is 11.2. The molecule has 0 spiro atoms. The third-order valence-electron chi connectivity index (χ3n) is 3.02. The molecular formula is C15H14ClN3OS. The highest BCUT2D eigenvalue weighted by atomic mass is 35.5. The molecule has 3 aromatic rings. The smallest absolute Gasteiger partial charge is 0.241 e. The second-order valence-corrected chi connectivity index (χ2v) is 6.04. The zero-order valence-corrected chi connectivity index (χ0v) is 13.1. The molecule has 0 aliphatic carbocycles. The van der Waals surface area contributed by atoms with E-state index in [1.54, 1.807) is 11.3 Å². The van der Waals surface area contributed by atoms with Crippen LogP contribution in [0.4, 0.5) is 0 Å². The van der Waals surface area contributed by atoms with Crippen molar-refractivity contribution in [3.8, 4) is 11.4 Å². The van der Waals surface area contributed by atoms with Gasteiger partial charge in [-0.25, -0.2) is 0 Å². The van der Waals surface area contributed by atoms with Crippen molar-refractivity contribution in [1.82, 2.24) is 15.0 Å². The lowest BCUT2D eigenvalue weighted by atomic mass is 10.2. The number of nitrogens with zero attached hydrogens (tertiary/aromatic N) is 3. The Labute approximate surface area is 132 Å². The monoisotopic (exact) mass is 319 g/mol. The molecular weight excluding hydrogens is 306 g/mol. The maximum atomic E-state index is 5.88. The number of halogens is 1. The second kappa shape index (κ2) is 6.39. The van der Waals surface area contributed by atoms with Crippen molar-refractivity contribution in [3.63, 3.8) is 0 Å². The summed E-state index contributed by atoms with van der Waals surface area (Å²) in [7, 11) is 2.02. The van der Waals surface area contributed by atoms with Crippen molar-refractivity contribution < 1.29 is 4.52 Å². The van der Waals surface area contributed by atoms with Gasteiger partial charge in [0.1, 0.15) is 0 Å². The Morgan fingerprint density at radius 1 is 1.19 bits per heavy atom.